The minimum Gasteiger partial charge on any atom is -0.492 e. The van der Waals surface area contributed by atoms with E-state index >= 15 is 0 Å². The summed E-state index contributed by atoms with van der Waals surface area (Å²) in [6.07, 6.45) is 2.74. The zero-order chi connectivity index (χ0) is 13.0. The predicted molar refractivity (Wildman–Crippen MR) is 71.6 cm³/mol. The summed E-state index contributed by atoms with van der Waals surface area (Å²) in [5.41, 5.74) is 1.13. The minimum atomic E-state index is -0.0551. The van der Waals surface area contributed by atoms with Crippen LogP contribution in [-0.2, 0) is 11.2 Å². The van der Waals surface area contributed by atoms with Gasteiger partial charge in [-0.1, -0.05) is 32.0 Å². The highest BCUT2D eigenvalue weighted by Crippen LogP contribution is 2.26. The van der Waals surface area contributed by atoms with Crippen LogP contribution >= 0.6 is 0 Å². The van der Waals surface area contributed by atoms with E-state index in [4.69, 9.17) is 4.74 Å². The number of amides is 1. The number of hydrogen-bond donors (Lipinski definition) is 1. The smallest absolute Gasteiger partial charge is 0.227 e. The second-order valence-corrected chi connectivity index (χ2v) is 4.84. The first kappa shape index (κ1) is 12.9. The molecule has 2 rings (SSSR count). The average molecular weight is 247 g/mol. The maximum absolute atomic E-state index is 12.1. The Morgan fingerprint density at radius 2 is 2.11 bits per heavy atom. The van der Waals surface area contributed by atoms with Crippen molar-refractivity contribution < 1.29 is 9.53 Å². The van der Waals surface area contributed by atoms with Crippen molar-refractivity contribution in [3.8, 4) is 5.75 Å². The summed E-state index contributed by atoms with van der Waals surface area (Å²) < 4.78 is 5.65. The van der Waals surface area contributed by atoms with Crippen LogP contribution in [0.2, 0.25) is 0 Å². The lowest BCUT2D eigenvalue weighted by Crippen LogP contribution is -2.42. The molecule has 98 valence electrons. The zero-order valence-corrected chi connectivity index (χ0v) is 11.1. The first-order valence-electron chi connectivity index (χ1n) is 6.75. The molecule has 1 aromatic carbocycles. The molecule has 1 aliphatic rings. The fraction of sp³-hybridized carbons (Fsp3) is 0.533. The standard InChI is InChI=1S/C15H21NO2/c1-3-13(4-2)16-15(17)12-9-11-7-5-6-8-14(11)18-10-12/h5-8,12-13H,3-4,9-10H2,1-2H3,(H,16,17). The third-order valence-corrected chi connectivity index (χ3v) is 3.58. The maximum Gasteiger partial charge on any atom is 0.227 e. The van der Waals surface area contributed by atoms with E-state index in [9.17, 15) is 4.79 Å². The molecule has 0 bridgehead atoms. The highest BCUT2D eigenvalue weighted by molar-refractivity contribution is 5.79. The molecule has 0 radical (unpaired) electrons. The molecule has 1 amide bonds. The Morgan fingerprint density at radius 1 is 1.39 bits per heavy atom. The summed E-state index contributed by atoms with van der Waals surface area (Å²) in [6.45, 7) is 4.69. The Labute approximate surface area is 109 Å². The highest BCUT2D eigenvalue weighted by Gasteiger charge is 2.26. The van der Waals surface area contributed by atoms with Crippen molar-refractivity contribution in [1.82, 2.24) is 5.32 Å². The van der Waals surface area contributed by atoms with Crippen LogP contribution in [0.15, 0.2) is 24.3 Å². The van der Waals surface area contributed by atoms with E-state index in [0.29, 0.717) is 6.61 Å². The summed E-state index contributed by atoms with van der Waals surface area (Å²) in [5.74, 6) is 0.989. The largest absolute Gasteiger partial charge is 0.492 e. The fourth-order valence-corrected chi connectivity index (χ4v) is 2.31. The van der Waals surface area contributed by atoms with E-state index in [0.717, 1.165) is 30.6 Å². The van der Waals surface area contributed by atoms with Gasteiger partial charge in [-0.2, -0.15) is 0 Å². The van der Waals surface area contributed by atoms with Crippen LogP contribution < -0.4 is 10.1 Å². The molecule has 0 saturated heterocycles. The number of carbonyl (C=O) groups is 1. The van der Waals surface area contributed by atoms with Crippen molar-refractivity contribution in [2.45, 2.75) is 39.2 Å². The average Bonchev–Trinajstić information content (AvgIpc) is 2.44. The molecule has 0 saturated carbocycles. The molecule has 0 fully saturated rings. The molecule has 18 heavy (non-hydrogen) atoms. The lowest BCUT2D eigenvalue weighted by Gasteiger charge is -2.26. The molecule has 1 aromatic rings. The van der Waals surface area contributed by atoms with Crippen molar-refractivity contribution in [3.05, 3.63) is 29.8 Å². The third kappa shape index (κ3) is 2.84. The molecule has 1 atom stereocenters. The van der Waals surface area contributed by atoms with Crippen LogP contribution in [0.5, 0.6) is 5.75 Å². The molecule has 3 nitrogen and oxygen atoms in total. The van der Waals surface area contributed by atoms with Gasteiger partial charge < -0.3 is 10.1 Å². The minimum absolute atomic E-state index is 0.0551. The predicted octanol–water partition coefficient (Wildman–Crippen LogP) is 2.54. The highest BCUT2D eigenvalue weighted by atomic mass is 16.5. The van der Waals surface area contributed by atoms with Gasteiger partial charge in [-0.15, -0.1) is 0 Å². The van der Waals surface area contributed by atoms with Crippen LogP contribution in [-0.4, -0.2) is 18.6 Å². The van der Waals surface area contributed by atoms with Crippen LogP contribution in [0, 0.1) is 5.92 Å². The SMILES string of the molecule is CCC(CC)NC(=O)C1COc2ccccc2C1. The third-order valence-electron chi connectivity index (χ3n) is 3.58. The van der Waals surface area contributed by atoms with Gasteiger partial charge in [0.25, 0.3) is 0 Å². The van der Waals surface area contributed by atoms with E-state index in [1.54, 1.807) is 0 Å². The Balaban J connectivity index is 1.98. The van der Waals surface area contributed by atoms with Gasteiger partial charge >= 0.3 is 0 Å². The van der Waals surface area contributed by atoms with Crippen molar-refractivity contribution in [1.29, 1.82) is 0 Å². The van der Waals surface area contributed by atoms with Gasteiger partial charge in [0.15, 0.2) is 0 Å². The number of ether oxygens (including phenoxy) is 1. The molecular formula is C15H21NO2. The molecular weight excluding hydrogens is 226 g/mol. The van der Waals surface area contributed by atoms with Crippen molar-refractivity contribution in [2.75, 3.05) is 6.61 Å². The van der Waals surface area contributed by atoms with E-state index in [1.165, 1.54) is 0 Å². The van der Waals surface area contributed by atoms with Crippen molar-refractivity contribution in [3.63, 3.8) is 0 Å². The number of fused-ring (bicyclic) bond motifs is 1. The summed E-state index contributed by atoms with van der Waals surface area (Å²) in [5, 5.41) is 3.10. The normalized spacial score (nSPS) is 18.1. The summed E-state index contributed by atoms with van der Waals surface area (Å²) in [6, 6.07) is 8.23. The zero-order valence-electron chi connectivity index (χ0n) is 11.1. The lowest BCUT2D eigenvalue weighted by atomic mass is 9.95. The summed E-state index contributed by atoms with van der Waals surface area (Å²) >= 11 is 0. The molecule has 0 aliphatic carbocycles. The van der Waals surface area contributed by atoms with E-state index in [-0.39, 0.29) is 17.9 Å². The number of rotatable bonds is 4. The molecule has 1 N–H and O–H groups in total. The molecule has 1 unspecified atom stereocenters. The Bertz CT molecular complexity index is 413. The number of hydrogen-bond acceptors (Lipinski definition) is 2. The Morgan fingerprint density at radius 3 is 2.83 bits per heavy atom. The topological polar surface area (TPSA) is 38.3 Å². The number of para-hydroxylation sites is 1. The fourth-order valence-electron chi connectivity index (χ4n) is 2.31. The van der Waals surface area contributed by atoms with Gasteiger partial charge in [0, 0.05) is 6.04 Å². The maximum atomic E-state index is 12.1. The van der Waals surface area contributed by atoms with Crippen LogP contribution in [0.4, 0.5) is 0 Å². The van der Waals surface area contributed by atoms with E-state index in [1.807, 2.05) is 24.3 Å². The molecule has 0 aromatic heterocycles. The Kier molecular flexibility index (Phi) is 4.24. The van der Waals surface area contributed by atoms with Crippen molar-refractivity contribution >= 4 is 5.91 Å². The monoisotopic (exact) mass is 247 g/mol. The van der Waals surface area contributed by atoms with Gasteiger partial charge in [0.2, 0.25) is 5.91 Å². The second kappa shape index (κ2) is 5.89. The van der Waals surface area contributed by atoms with Crippen LogP contribution in [0.3, 0.4) is 0 Å². The lowest BCUT2D eigenvalue weighted by molar-refractivity contribution is -0.127. The van der Waals surface area contributed by atoms with Crippen LogP contribution in [0.25, 0.3) is 0 Å². The first-order valence-corrected chi connectivity index (χ1v) is 6.75. The van der Waals surface area contributed by atoms with Gasteiger partial charge in [-0.3, -0.25) is 4.79 Å². The first-order chi connectivity index (χ1) is 8.74. The van der Waals surface area contributed by atoms with Crippen molar-refractivity contribution in [2.24, 2.45) is 5.92 Å². The quantitative estimate of drug-likeness (QED) is 0.888. The Hall–Kier alpha value is -1.51. The van der Waals surface area contributed by atoms with E-state index in [2.05, 4.69) is 19.2 Å². The van der Waals surface area contributed by atoms with Gasteiger partial charge in [-0.05, 0) is 30.9 Å². The van der Waals surface area contributed by atoms with Gasteiger partial charge in [0.05, 0.1) is 5.92 Å². The molecule has 1 aliphatic heterocycles. The number of benzene rings is 1. The van der Waals surface area contributed by atoms with Crippen LogP contribution in [0.1, 0.15) is 32.3 Å². The summed E-state index contributed by atoms with van der Waals surface area (Å²) in [7, 11) is 0. The van der Waals surface area contributed by atoms with E-state index < -0.39 is 0 Å². The molecule has 1 heterocycles. The summed E-state index contributed by atoms with van der Waals surface area (Å²) in [4.78, 5) is 12.1. The number of nitrogens with one attached hydrogen (secondary N) is 1. The van der Waals surface area contributed by atoms with Gasteiger partial charge in [-0.25, -0.2) is 0 Å². The van der Waals surface area contributed by atoms with Gasteiger partial charge in [0.1, 0.15) is 12.4 Å². The number of carbonyl (C=O) groups excluding carboxylic acids is 1. The molecule has 3 heteroatoms. The molecule has 0 spiro atoms. The second-order valence-electron chi connectivity index (χ2n) is 4.84.